The minimum absolute atomic E-state index is 0.0725. The number of allylic oxidation sites excluding steroid dienone is 1. The second-order valence-corrected chi connectivity index (χ2v) is 9.92. The highest BCUT2D eigenvalue weighted by atomic mass is 35.5. The molecule has 5 rings (SSSR count). The van der Waals surface area contributed by atoms with Gasteiger partial charge in [0.15, 0.2) is 16.3 Å². The number of aromatic hydroxyl groups is 1. The number of fused-ring (bicyclic) bond motifs is 1. The standard InChI is InChI=1S/C28H21ClFN3O4S/c1-15-23(26(35)32-19-6-4-3-5-7-19)24(17-8-10-18(30)11-9-17)33-27(36)22(38-28(33)31-15)14-16-12-20(29)25(34)21(13-16)37-2/h3-14,24,34H,1-2H3,(H,32,35)/b22-14-/t24-/m0/s1. The van der Waals surface area contributed by atoms with Crippen LogP contribution >= 0.6 is 22.9 Å². The molecular formula is C28H21ClFN3O4S. The van der Waals surface area contributed by atoms with Gasteiger partial charge in [0, 0.05) is 5.69 Å². The van der Waals surface area contributed by atoms with Gasteiger partial charge in [-0.1, -0.05) is 53.3 Å². The Morgan fingerprint density at radius 1 is 1.18 bits per heavy atom. The van der Waals surface area contributed by atoms with Crippen LogP contribution in [0.2, 0.25) is 5.02 Å². The largest absolute Gasteiger partial charge is 0.503 e. The lowest BCUT2D eigenvalue weighted by atomic mass is 9.95. The van der Waals surface area contributed by atoms with Gasteiger partial charge in [0.25, 0.3) is 11.5 Å². The number of hydrogen-bond acceptors (Lipinski definition) is 6. The topological polar surface area (TPSA) is 92.9 Å². The summed E-state index contributed by atoms with van der Waals surface area (Å²) in [6, 6.07) is 16.9. The summed E-state index contributed by atoms with van der Waals surface area (Å²) in [6.07, 6.45) is 1.61. The Morgan fingerprint density at radius 2 is 1.89 bits per heavy atom. The van der Waals surface area contributed by atoms with Crippen LogP contribution in [0.3, 0.4) is 0 Å². The van der Waals surface area contributed by atoms with Crippen LogP contribution in [0.4, 0.5) is 10.1 Å². The Hall–Kier alpha value is -4.21. The van der Waals surface area contributed by atoms with E-state index in [9.17, 15) is 19.1 Å². The summed E-state index contributed by atoms with van der Waals surface area (Å²) < 4.78 is 20.7. The number of para-hydroxylation sites is 1. The van der Waals surface area contributed by atoms with Crippen molar-refractivity contribution < 1.29 is 19.0 Å². The van der Waals surface area contributed by atoms with Crippen molar-refractivity contribution in [2.75, 3.05) is 12.4 Å². The number of nitrogens with zero attached hydrogens (tertiary/aromatic N) is 2. The number of carbonyl (C=O) groups excluding carboxylic acids is 1. The zero-order valence-electron chi connectivity index (χ0n) is 20.2. The van der Waals surface area contributed by atoms with Crippen molar-refractivity contribution in [3.63, 3.8) is 0 Å². The fourth-order valence-electron chi connectivity index (χ4n) is 4.28. The number of halogens is 2. The second-order valence-electron chi connectivity index (χ2n) is 8.51. The van der Waals surface area contributed by atoms with Crippen molar-refractivity contribution in [1.82, 2.24) is 4.57 Å². The van der Waals surface area contributed by atoms with E-state index in [2.05, 4.69) is 10.3 Å². The van der Waals surface area contributed by atoms with Crippen LogP contribution in [0.15, 0.2) is 87.8 Å². The minimum atomic E-state index is -0.837. The van der Waals surface area contributed by atoms with Crippen molar-refractivity contribution in [2.24, 2.45) is 4.99 Å². The summed E-state index contributed by atoms with van der Waals surface area (Å²) in [5, 5.41) is 13.0. The smallest absolute Gasteiger partial charge is 0.271 e. The van der Waals surface area contributed by atoms with Crippen molar-refractivity contribution in [3.8, 4) is 11.5 Å². The number of ether oxygens (including phenoxy) is 1. The molecule has 0 saturated carbocycles. The fourth-order valence-corrected chi connectivity index (χ4v) is 5.54. The molecule has 0 aliphatic carbocycles. The molecule has 3 aromatic carbocycles. The Kier molecular flexibility index (Phi) is 6.88. The van der Waals surface area contributed by atoms with Crippen LogP contribution in [-0.4, -0.2) is 22.7 Å². The number of thiazole rings is 1. The number of rotatable bonds is 5. The van der Waals surface area contributed by atoms with E-state index in [1.807, 2.05) is 6.07 Å². The highest BCUT2D eigenvalue weighted by Gasteiger charge is 2.32. The number of carbonyl (C=O) groups is 1. The Bertz CT molecular complexity index is 1760. The Morgan fingerprint density at radius 3 is 2.58 bits per heavy atom. The molecule has 0 unspecified atom stereocenters. The lowest BCUT2D eigenvalue weighted by Crippen LogP contribution is -2.40. The maximum atomic E-state index is 13.8. The molecule has 0 saturated heterocycles. The number of phenolic OH excluding ortho intramolecular Hbond substituents is 1. The van der Waals surface area contributed by atoms with Crippen molar-refractivity contribution in [1.29, 1.82) is 0 Å². The van der Waals surface area contributed by atoms with E-state index in [0.29, 0.717) is 31.8 Å². The molecule has 1 aromatic heterocycles. The summed E-state index contributed by atoms with van der Waals surface area (Å²) in [5.74, 6) is -0.892. The second kappa shape index (κ2) is 10.3. The molecule has 1 amide bonds. The predicted octanol–water partition coefficient (Wildman–Crippen LogP) is 4.38. The molecule has 0 radical (unpaired) electrons. The zero-order valence-corrected chi connectivity index (χ0v) is 21.8. The van der Waals surface area contributed by atoms with E-state index in [0.717, 1.165) is 11.3 Å². The molecule has 10 heteroatoms. The van der Waals surface area contributed by atoms with Gasteiger partial charge < -0.3 is 15.2 Å². The lowest BCUT2D eigenvalue weighted by Gasteiger charge is -2.25. The van der Waals surface area contributed by atoms with E-state index in [-0.39, 0.29) is 27.7 Å². The van der Waals surface area contributed by atoms with Crippen molar-refractivity contribution in [3.05, 3.63) is 120 Å². The molecule has 2 heterocycles. The number of nitrogens with one attached hydrogen (secondary N) is 1. The number of phenols is 1. The monoisotopic (exact) mass is 549 g/mol. The van der Waals surface area contributed by atoms with Crippen LogP contribution < -0.4 is 24.9 Å². The third kappa shape index (κ3) is 4.73. The third-order valence-corrected chi connectivity index (χ3v) is 7.32. The molecule has 0 bridgehead atoms. The van der Waals surface area contributed by atoms with E-state index < -0.39 is 17.8 Å². The molecule has 4 aromatic rings. The first-order valence-corrected chi connectivity index (χ1v) is 12.7. The van der Waals surface area contributed by atoms with E-state index >= 15 is 0 Å². The summed E-state index contributed by atoms with van der Waals surface area (Å²) in [7, 11) is 1.40. The SMILES string of the molecule is COc1cc(/C=c2\sc3n(c2=O)[C@@H](c2ccc(F)cc2)C(C(=O)Nc2ccccc2)=C(C)N=3)cc(Cl)c1O. The first-order chi connectivity index (χ1) is 18.3. The summed E-state index contributed by atoms with van der Waals surface area (Å²) >= 11 is 7.28. The van der Waals surface area contributed by atoms with E-state index in [1.165, 1.54) is 29.9 Å². The normalized spacial score (nSPS) is 15.2. The first-order valence-electron chi connectivity index (χ1n) is 11.5. The van der Waals surface area contributed by atoms with Gasteiger partial charge in [-0.2, -0.15) is 0 Å². The van der Waals surface area contributed by atoms with Crippen molar-refractivity contribution >= 4 is 40.6 Å². The molecule has 0 fully saturated rings. The fraction of sp³-hybridized carbons (Fsp3) is 0.107. The first kappa shape index (κ1) is 25.4. The average Bonchev–Trinajstić information content (AvgIpc) is 3.20. The molecule has 1 aliphatic rings. The van der Waals surface area contributed by atoms with Crippen LogP contribution in [0.1, 0.15) is 24.1 Å². The zero-order chi connectivity index (χ0) is 27.0. The minimum Gasteiger partial charge on any atom is -0.503 e. The summed E-state index contributed by atoms with van der Waals surface area (Å²) in [4.78, 5) is 32.2. The maximum absolute atomic E-state index is 13.8. The van der Waals surface area contributed by atoms with Gasteiger partial charge >= 0.3 is 0 Å². The number of anilines is 1. The van der Waals surface area contributed by atoms with E-state index in [1.54, 1.807) is 55.5 Å². The maximum Gasteiger partial charge on any atom is 0.271 e. The van der Waals surface area contributed by atoms with Gasteiger partial charge in [0.2, 0.25) is 0 Å². The number of benzene rings is 3. The predicted molar refractivity (Wildman–Crippen MR) is 145 cm³/mol. The van der Waals surface area contributed by atoms with E-state index in [4.69, 9.17) is 16.3 Å². The summed E-state index contributed by atoms with van der Waals surface area (Å²) in [5.41, 5.74) is 2.01. The van der Waals surface area contributed by atoms with Crippen LogP contribution in [0, 0.1) is 5.82 Å². The number of hydrogen-bond donors (Lipinski definition) is 2. The number of methoxy groups -OCH3 is 1. The molecule has 38 heavy (non-hydrogen) atoms. The van der Waals surface area contributed by atoms with Gasteiger partial charge in [-0.05, 0) is 60.5 Å². The highest BCUT2D eigenvalue weighted by molar-refractivity contribution is 7.07. The Balaban J connectivity index is 1.68. The quantitative estimate of drug-likeness (QED) is 0.386. The molecule has 1 atom stereocenters. The Labute approximate surface area is 225 Å². The molecular weight excluding hydrogens is 529 g/mol. The molecule has 1 aliphatic heterocycles. The molecule has 7 nitrogen and oxygen atoms in total. The van der Waals surface area contributed by atoms with Crippen LogP contribution in [0.5, 0.6) is 11.5 Å². The van der Waals surface area contributed by atoms with Gasteiger partial charge in [-0.25, -0.2) is 9.38 Å². The number of aromatic nitrogens is 1. The summed E-state index contributed by atoms with van der Waals surface area (Å²) in [6.45, 7) is 1.71. The average molecular weight is 550 g/mol. The van der Waals surface area contributed by atoms with Gasteiger partial charge in [0.1, 0.15) is 5.82 Å². The molecule has 192 valence electrons. The van der Waals surface area contributed by atoms with Crippen LogP contribution in [-0.2, 0) is 4.79 Å². The van der Waals surface area contributed by atoms with Gasteiger partial charge in [0.05, 0.1) is 34.0 Å². The van der Waals surface area contributed by atoms with Crippen LogP contribution in [0.25, 0.3) is 6.08 Å². The lowest BCUT2D eigenvalue weighted by molar-refractivity contribution is -0.113. The third-order valence-electron chi connectivity index (χ3n) is 6.05. The van der Waals surface area contributed by atoms with Gasteiger partial charge in [-0.15, -0.1) is 0 Å². The van der Waals surface area contributed by atoms with Gasteiger partial charge in [-0.3, -0.25) is 14.2 Å². The molecule has 2 N–H and O–H groups in total. The molecule has 0 spiro atoms. The number of amides is 1. The van der Waals surface area contributed by atoms with Crippen molar-refractivity contribution in [2.45, 2.75) is 13.0 Å². The highest BCUT2D eigenvalue weighted by Crippen LogP contribution is 2.35.